The number of anilines is 1. The fraction of sp³-hybridized carbons (Fsp3) is 0.385. The quantitative estimate of drug-likeness (QED) is 0.591. The zero-order chi connectivity index (χ0) is 23.5. The first-order valence-electron chi connectivity index (χ1n) is 11.3. The van der Waals surface area contributed by atoms with Crippen molar-refractivity contribution in [1.82, 2.24) is 4.90 Å². The maximum atomic E-state index is 13.8. The Labute approximate surface area is 194 Å². The van der Waals surface area contributed by atoms with Crippen LogP contribution in [0.2, 0.25) is 0 Å². The highest BCUT2D eigenvalue weighted by atomic mass is 16.5. The zero-order valence-electron chi connectivity index (χ0n) is 19.6. The third kappa shape index (κ3) is 4.40. The molecule has 0 N–H and O–H groups in total. The molecule has 4 rings (SSSR count). The van der Waals surface area contributed by atoms with Crippen LogP contribution in [0.1, 0.15) is 32.3 Å². The van der Waals surface area contributed by atoms with E-state index in [1.165, 1.54) is 19.1 Å². The molecular formula is C26H30N2O5. The van der Waals surface area contributed by atoms with Gasteiger partial charge in [-0.25, -0.2) is 4.90 Å². The molecule has 33 heavy (non-hydrogen) atoms. The lowest BCUT2D eigenvalue weighted by Gasteiger charge is -2.33. The predicted molar refractivity (Wildman–Crippen MR) is 127 cm³/mol. The van der Waals surface area contributed by atoms with Gasteiger partial charge in [-0.1, -0.05) is 19.1 Å². The van der Waals surface area contributed by atoms with Crippen molar-refractivity contribution in [3.05, 3.63) is 53.7 Å². The SMILES string of the molecule is CCOc1ccc(C2=C(N3CCCC(C)C3)C(=O)N(c3cc(OC)cc(OC)c3)C2=O)cc1. The molecule has 1 unspecified atom stereocenters. The molecule has 0 spiro atoms. The van der Waals surface area contributed by atoms with Crippen LogP contribution in [0.3, 0.4) is 0 Å². The molecule has 2 aliphatic rings. The van der Waals surface area contributed by atoms with E-state index in [-0.39, 0.29) is 11.8 Å². The number of nitrogens with zero attached hydrogens (tertiary/aromatic N) is 2. The van der Waals surface area contributed by atoms with Crippen LogP contribution in [0.4, 0.5) is 5.69 Å². The Morgan fingerprint density at radius 3 is 2.18 bits per heavy atom. The average Bonchev–Trinajstić information content (AvgIpc) is 3.09. The van der Waals surface area contributed by atoms with E-state index in [0.717, 1.165) is 31.7 Å². The lowest BCUT2D eigenvalue weighted by Crippen LogP contribution is -2.39. The molecule has 0 aliphatic carbocycles. The van der Waals surface area contributed by atoms with Crippen LogP contribution in [0.15, 0.2) is 48.2 Å². The Balaban J connectivity index is 1.81. The van der Waals surface area contributed by atoms with Crippen LogP contribution in [-0.2, 0) is 9.59 Å². The molecular weight excluding hydrogens is 420 g/mol. The number of hydrogen-bond acceptors (Lipinski definition) is 6. The molecule has 0 radical (unpaired) electrons. The van der Waals surface area contributed by atoms with Crippen molar-refractivity contribution in [1.29, 1.82) is 0 Å². The third-order valence-corrected chi connectivity index (χ3v) is 6.08. The second-order valence-electron chi connectivity index (χ2n) is 8.39. The molecule has 2 aliphatic heterocycles. The van der Waals surface area contributed by atoms with Gasteiger partial charge in [0.05, 0.1) is 32.1 Å². The third-order valence-electron chi connectivity index (χ3n) is 6.08. The van der Waals surface area contributed by atoms with Crippen LogP contribution in [0.5, 0.6) is 17.2 Å². The lowest BCUT2D eigenvalue weighted by molar-refractivity contribution is -0.120. The molecule has 7 heteroatoms. The minimum Gasteiger partial charge on any atom is -0.497 e. The summed E-state index contributed by atoms with van der Waals surface area (Å²) in [6, 6.07) is 12.4. The monoisotopic (exact) mass is 450 g/mol. The van der Waals surface area contributed by atoms with E-state index in [1.807, 2.05) is 31.2 Å². The number of rotatable bonds is 7. The topological polar surface area (TPSA) is 68.3 Å². The highest BCUT2D eigenvalue weighted by Gasteiger charge is 2.43. The summed E-state index contributed by atoms with van der Waals surface area (Å²) >= 11 is 0. The Morgan fingerprint density at radius 1 is 0.939 bits per heavy atom. The number of carbonyl (C=O) groups excluding carboxylic acids is 2. The smallest absolute Gasteiger partial charge is 0.282 e. The molecule has 174 valence electrons. The molecule has 2 heterocycles. The number of methoxy groups -OCH3 is 2. The zero-order valence-corrected chi connectivity index (χ0v) is 19.6. The van der Waals surface area contributed by atoms with Crippen molar-refractivity contribution in [2.75, 3.05) is 38.8 Å². The average molecular weight is 451 g/mol. The lowest BCUT2D eigenvalue weighted by atomic mass is 9.97. The largest absolute Gasteiger partial charge is 0.497 e. The molecule has 1 atom stereocenters. The number of hydrogen-bond donors (Lipinski definition) is 0. The number of piperidine rings is 1. The first-order valence-corrected chi connectivity index (χ1v) is 11.3. The van der Waals surface area contributed by atoms with Crippen molar-refractivity contribution in [3.63, 3.8) is 0 Å². The fourth-order valence-electron chi connectivity index (χ4n) is 4.50. The molecule has 0 bridgehead atoms. The summed E-state index contributed by atoms with van der Waals surface area (Å²) in [6.07, 6.45) is 2.09. The first kappa shape index (κ1) is 22.7. The Bertz CT molecular complexity index is 1050. The van der Waals surface area contributed by atoms with Gasteiger partial charge in [-0.05, 0) is 43.4 Å². The van der Waals surface area contributed by atoms with E-state index in [0.29, 0.717) is 46.5 Å². The van der Waals surface area contributed by atoms with Gasteiger partial charge in [0.2, 0.25) is 0 Å². The van der Waals surface area contributed by atoms with E-state index in [9.17, 15) is 9.59 Å². The van der Waals surface area contributed by atoms with Gasteiger partial charge in [0.1, 0.15) is 22.9 Å². The number of amides is 2. The van der Waals surface area contributed by atoms with E-state index in [2.05, 4.69) is 11.8 Å². The highest BCUT2D eigenvalue weighted by molar-refractivity contribution is 6.45. The summed E-state index contributed by atoms with van der Waals surface area (Å²) in [5.74, 6) is 1.50. The van der Waals surface area contributed by atoms with Crippen molar-refractivity contribution < 1.29 is 23.8 Å². The second-order valence-corrected chi connectivity index (χ2v) is 8.39. The van der Waals surface area contributed by atoms with Gasteiger partial charge in [-0.15, -0.1) is 0 Å². The molecule has 7 nitrogen and oxygen atoms in total. The molecule has 2 aromatic rings. The molecule has 0 aromatic heterocycles. The maximum absolute atomic E-state index is 13.8. The number of ether oxygens (including phenoxy) is 3. The summed E-state index contributed by atoms with van der Waals surface area (Å²) in [6.45, 7) is 6.14. The van der Waals surface area contributed by atoms with Crippen molar-refractivity contribution >= 4 is 23.1 Å². The van der Waals surface area contributed by atoms with Gasteiger partial charge < -0.3 is 19.1 Å². The Morgan fingerprint density at radius 2 is 1.61 bits per heavy atom. The number of benzene rings is 2. The summed E-state index contributed by atoms with van der Waals surface area (Å²) in [4.78, 5) is 30.8. The molecule has 0 saturated carbocycles. The molecule has 2 amide bonds. The van der Waals surface area contributed by atoms with Crippen LogP contribution in [0, 0.1) is 5.92 Å². The van der Waals surface area contributed by atoms with Crippen LogP contribution in [-0.4, -0.2) is 50.6 Å². The minimum atomic E-state index is -0.354. The van der Waals surface area contributed by atoms with E-state index < -0.39 is 0 Å². The summed E-state index contributed by atoms with van der Waals surface area (Å²) < 4.78 is 16.3. The van der Waals surface area contributed by atoms with E-state index in [1.54, 1.807) is 18.2 Å². The van der Waals surface area contributed by atoms with Gasteiger partial charge >= 0.3 is 0 Å². The van der Waals surface area contributed by atoms with Crippen LogP contribution in [0.25, 0.3) is 5.57 Å². The maximum Gasteiger partial charge on any atom is 0.282 e. The van der Waals surface area contributed by atoms with Gasteiger partial charge in [0.25, 0.3) is 11.8 Å². The Hall–Kier alpha value is -3.48. The van der Waals surface area contributed by atoms with Crippen molar-refractivity contribution in [3.8, 4) is 17.2 Å². The normalized spacial score (nSPS) is 18.7. The summed E-state index contributed by atoms with van der Waals surface area (Å²) in [5, 5.41) is 0. The first-order chi connectivity index (χ1) is 16.0. The fourth-order valence-corrected chi connectivity index (χ4v) is 4.50. The summed E-state index contributed by atoms with van der Waals surface area (Å²) in [7, 11) is 3.08. The Kier molecular flexibility index (Phi) is 6.58. The second kappa shape index (κ2) is 9.57. The van der Waals surface area contributed by atoms with E-state index in [4.69, 9.17) is 14.2 Å². The van der Waals surface area contributed by atoms with Gasteiger partial charge in [-0.3, -0.25) is 9.59 Å². The van der Waals surface area contributed by atoms with Gasteiger partial charge in [0, 0.05) is 31.3 Å². The molecule has 1 saturated heterocycles. The van der Waals surface area contributed by atoms with Crippen LogP contribution < -0.4 is 19.1 Å². The highest BCUT2D eigenvalue weighted by Crippen LogP contribution is 2.39. The number of imide groups is 1. The van der Waals surface area contributed by atoms with Gasteiger partial charge in [0.15, 0.2) is 0 Å². The predicted octanol–water partition coefficient (Wildman–Crippen LogP) is 4.12. The van der Waals surface area contributed by atoms with Crippen molar-refractivity contribution in [2.24, 2.45) is 5.92 Å². The standard InChI is InChI=1S/C26H30N2O5/c1-5-33-20-10-8-18(9-11-20)23-24(27-12-6-7-17(2)16-27)26(30)28(25(23)29)19-13-21(31-3)15-22(14-19)32-4/h8-11,13-15,17H,5-7,12,16H2,1-4H3. The molecule has 1 fully saturated rings. The molecule has 2 aromatic carbocycles. The van der Waals surface area contributed by atoms with Crippen molar-refractivity contribution in [2.45, 2.75) is 26.7 Å². The van der Waals surface area contributed by atoms with E-state index >= 15 is 0 Å². The minimum absolute atomic E-state index is 0.326. The number of carbonyl (C=O) groups is 2. The van der Waals surface area contributed by atoms with Crippen LogP contribution >= 0.6 is 0 Å². The van der Waals surface area contributed by atoms with Gasteiger partial charge in [-0.2, -0.15) is 0 Å². The summed E-state index contributed by atoms with van der Waals surface area (Å²) in [5.41, 5.74) is 1.99. The number of likely N-dealkylation sites (tertiary alicyclic amines) is 1.